The average molecular weight is 286 g/mol. The molecule has 0 radical (unpaired) electrons. The molecule has 0 saturated heterocycles. The topological polar surface area (TPSA) is 58.2 Å². The number of carbonyl (C=O) groups is 2. The van der Waals surface area contributed by atoms with E-state index in [4.69, 9.17) is 0 Å². The second-order valence-electron chi connectivity index (χ2n) is 4.58. The second-order valence-corrected chi connectivity index (χ2v) is 4.58. The van der Waals surface area contributed by atoms with Gasteiger partial charge >= 0.3 is 0 Å². The summed E-state index contributed by atoms with van der Waals surface area (Å²) < 4.78 is 38.6. The summed E-state index contributed by atoms with van der Waals surface area (Å²) in [6, 6.07) is 1.24. The molecule has 0 aliphatic heterocycles. The number of benzene rings is 1. The van der Waals surface area contributed by atoms with Gasteiger partial charge in [0.05, 0.1) is 0 Å². The van der Waals surface area contributed by atoms with Crippen molar-refractivity contribution in [1.29, 1.82) is 0 Å². The fourth-order valence-electron chi connectivity index (χ4n) is 1.64. The van der Waals surface area contributed by atoms with E-state index < -0.39 is 23.4 Å². The molecule has 1 aromatic carbocycles. The lowest BCUT2D eigenvalue weighted by Crippen LogP contribution is -2.35. The average Bonchev–Trinajstić information content (AvgIpc) is 3.24. The standard InChI is InChI=1S/C13H13F3N2O2/c14-9-5-8(6-10(15)11(9)16)13(20)18-4-3-17-12(19)7-1-2-7/h5-7H,1-4H2,(H,17,19)(H,18,20). The van der Waals surface area contributed by atoms with E-state index in [1.165, 1.54) is 0 Å². The first-order valence-electron chi connectivity index (χ1n) is 6.19. The zero-order chi connectivity index (χ0) is 14.7. The molecule has 1 aliphatic carbocycles. The number of carbonyl (C=O) groups excluding carboxylic acids is 2. The van der Waals surface area contributed by atoms with Crippen molar-refractivity contribution in [3.8, 4) is 0 Å². The van der Waals surface area contributed by atoms with Crippen LogP contribution in [0.1, 0.15) is 23.2 Å². The molecule has 2 amide bonds. The van der Waals surface area contributed by atoms with Crippen LogP contribution in [-0.4, -0.2) is 24.9 Å². The monoisotopic (exact) mass is 286 g/mol. The Labute approximate surface area is 113 Å². The first-order chi connectivity index (χ1) is 9.49. The third kappa shape index (κ3) is 3.49. The minimum absolute atomic E-state index is 0.0573. The summed E-state index contributed by atoms with van der Waals surface area (Å²) >= 11 is 0. The van der Waals surface area contributed by atoms with Crippen molar-refractivity contribution in [2.75, 3.05) is 13.1 Å². The Hall–Kier alpha value is -2.05. The Morgan fingerprint density at radius 2 is 1.60 bits per heavy atom. The third-order valence-corrected chi connectivity index (χ3v) is 2.90. The smallest absolute Gasteiger partial charge is 0.251 e. The normalized spacial score (nSPS) is 13.9. The van der Waals surface area contributed by atoms with Crippen LogP contribution in [0, 0.1) is 23.4 Å². The van der Waals surface area contributed by atoms with Crippen LogP contribution >= 0.6 is 0 Å². The Bertz CT molecular complexity index is 521. The molecular formula is C13H13F3N2O2. The van der Waals surface area contributed by atoms with Crippen molar-refractivity contribution >= 4 is 11.8 Å². The van der Waals surface area contributed by atoms with E-state index in [0.29, 0.717) is 12.1 Å². The van der Waals surface area contributed by atoms with Crippen molar-refractivity contribution < 1.29 is 22.8 Å². The molecule has 2 N–H and O–H groups in total. The van der Waals surface area contributed by atoms with Crippen LogP contribution in [0.5, 0.6) is 0 Å². The molecule has 0 bridgehead atoms. The molecule has 0 unspecified atom stereocenters. The molecule has 1 aliphatic rings. The quantitative estimate of drug-likeness (QED) is 0.634. The summed E-state index contributed by atoms with van der Waals surface area (Å²) in [6.07, 6.45) is 1.76. The number of rotatable bonds is 5. The molecule has 1 fully saturated rings. The Balaban J connectivity index is 1.81. The van der Waals surface area contributed by atoms with Crippen molar-refractivity contribution in [3.63, 3.8) is 0 Å². The summed E-state index contributed by atoms with van der Waals surface area (Å²) in [4.78, 5) is 22.9. The first kappa shape index (κ1) is 14.4. The van der Waals surface area contributed by atoms with Gasteiger partial charge in [0.2, 0.25) is 5.91 Å². The molecule has 4 nitrogen and oxygen atoms in total. The van der Waals surface area contributed by atoms with Gasteiger partial charge < -0.3 is 10.6 Å². The van der Waals surface area contributed by atoms with Crippen LogP contribution in [0.15, 0.2) is 12.1 Å². The van der Waals surface area contributed by atoms with Crippen molar-refractivity contribution in [3.05, 3.63) is 35.1 Å². The first-order valence-corrected chi connectivity index (χ1v) is 6.19. The number of nitrogens with one attached hydrogen (secondary N) is 2. The van der Waals surface area contributed by atoms with Crippen LogP contribution < -0.4 is 10.6 Å². The number of hydrogen-bond donors (Lipinski definition) is 2. The molecule has 0 spiro atoms. The molecule has 108 valence electrons. The predicted octanol–water partition coefficient (Wildman–Crippen LogP) is 1.36. The van der Waals surface area contributed by atoms with Gasteiger partial charge in [-0.05, 0) is 25.0 Å². The van der Waals surface area contributed by atoms with Gasteiger partial charge in [0.1, 0.15) is 0 Å². The van der Waals surface area contributed by atoms with E-state index in [1.54, 1.807) is 0 Å². The summed E-state index contributed by atoms with van der Waals surface area (Å²) in [5.74, 6) is -5.17. The molecule has 7 heteroatoms. The van der Waals surface area contributed by atoms with Gasteiger partial charge in [-0.25, -0.2) is 13.2 Å². The summed E-state index contributed by atoms with van der Waals surface area (Å²) in [6.45, 7) is 0.352. The van der Waals surface area contributed by atoms with Crippen molar-refractivity contribution in [2.45, 2.75) is 12.8 Å². The highest BCUT2D eigenvalue weighted by molar-refractivity contribution is 5.94. The lowest BCUT2D eigenvalue weighted by Gasteiger charge is -2.07. The summed E-state index contributed by atoms with van der Waals surface area (Å²) in [5, 5.41) is 5.00. The fourth-order valence-corrected chi connectivity index (χ4v) is 1.64. The molecule has 1 saturated carbocycles. The van der Waals surface area contributed by atoms with Crippen LogP contribution in [0.2, 0.25) is 0 Å². The molecule has 2 rings (SSSR count). The SMILES string of the molecule is O=C(NCCNC(=O)C1CC1)c1cc(F)c(F)c(F)c1. The van der Waals surface area contributed by atoms with Gasteiger partial charge in [0.15, 0.2) is 17.5 Å². The van der Waals surface area contributed by atoms with E-state index in [-0.39, 0.29) is 30.5 Å². The van der Waals surface area contributed by atoms with Gasteiger partial charge in [0.25, 0.3) is 5.91 Å². The van der Waals surface area contributed by atoms with E-state index in [0.717, 1.165) is 12.8 Å². The maximum absolute atomic E-state index is 12.9. The molecule has 20 heavy (non-hydrogen) atoms. The Kier molecular flexibility index (Phi) is 4.26. The van der Waals surface area contributed by atoms with E-state index >= 15 is 0 Å². The number of amides is 2. The maximum Gasteiger partial charge on any atom is 0.251 e. The van der Waals surface area contributed by atoms with Crippen LogP contribution in [0.4, 0.5) is 13.2 Å². The number of halogens is 3. The zero-order valence-corrected chi connectivity index (χ0v) is 10.5. The van der Waals surface area contributed by atoms with E-state index in [1.807, 2.05) is 0 Å². The molecule has 0 aromatic heterocycles. The minimum atomic E-state index is -1.61. The zero-order valence-electron chi connectivity index (χ0n) is 10.5. The van der Waals surface area contributed by atoms with Gasteiger partial charge in [-0.1, -0.05) is 0 Å². The molecule has 0 heterocycles. The second kappa shape index (κ2) is 5.94. The van der Waals surface area contributed by atoms with Crippen LogP contribution in [0.25, 0.3) is 0 Å². The molecular weight excluding hydrogens is 273 g/mol. The fraction of sp³-hybridized carbons (Fsp3) is 0.385. The summed E-state index contributed by atoms with van der Waals surface area (Å²) in [5.41, 5.74) is -0.310. The highest BCUT2D eigenvalue weighted by Gasteiger charge is 2.29. The molecule has 0 atom stereocenters. The van der Waals surface area contributed by atoms with Crippen LogP contribution in [0.3, 0.4) is 0 Å². The minimum Gasteiger partial charge on any atom is -0.354 e. The van der Waals surface area contributed by atoms with Crippen LogP contribution in [-0.2, 0) is 4.79 Å². The Morgan fingerprint density at radius 1 is 1.05 bits per heavy atom. The summed E-state index contributed by atoms with van der Waals surface area (Å²) in [7, 11) is 0. The van der Waals surface area contributed by atoms with Gasteiger partial charge in [-0.3, -0.25) is 9.59 Å². The highest BCUT2D eigenvalue weighted by Crippen LogP contribution is 2.28. The highest BCUT2D eigenvalue weighted by atomic mass is 19.2. The third-order valence-electron chi connectivity index (χ3n) is 2.90. The maximum atomic E-state index is 12.9. The van der Waals surface area contributed by atoms with Gasteiger partial charge in [-0.15, -0.1) is 0 Å². The number of hydrogen-bond acceptors (Lipinski definition) is 2. The van der Waals surface area contributed by atoms with Crippen molar-refractivity contribution in [1.82, 2.24) is 10.6 Å². The van der Waals surface area contributed by atoms with Gasteiger partial charge in [0, 0.05) is 24.6 Å². The predicted molar refractivity (Wildman–Crippen MR) is 64.4 cm³/mol. The lowest BCUT2D eigenvalue weighted by molar-refractivity contribution is -0.122. The van der Waals surface area contributed by atoms with E-state index in [2.05, 4.69) is 10.6 Å². The largest absolute Gasteiger partial charge is 0.354 e. The van der Waals surface area contributed by atoms with Gasteiger partial charge in [-0.2, -0.15) is 0 Å². The Morgan fingerprint density at radius 3 is 2.15 bits per heavy atom. The van der Waals surface area contributed by atoms with E-state index in [9.17, 15) is 22.8 Å². The molecule has 1 aromatic rings. The van der Waals surface area contributed by atoms with Crippen molar-refractivity contribution in [2.24, 2.45) is 5.92 Å². The lowest BCUT2D eigenvalue weighted by atomic mass is 10.2.